The van der Waals surface area contributed by atoms with E-state index in [0.717, 1.165) is 18.9 Å². The van der Waals surface area contributed by atoms with Crippen LogP contribution in [-0.2, 0) is 18.0 Å². The number of benzene rings is 1. The molecule has 1 fully saturated rings. The number of carbonyl (C=O) groups is 1. The van der Waals surface area contributed by atoms with Gasteiger partial charge in [-0.1, -0.05) is 5.21 Å². The fraction of sp³-hybridized carbons (Fsp3) is 0.500. The van der Waals surface area contributed by atoms with E-state index in [1.807, 2.05) is 26.8 Å². The molecule has 2 aromatic heterocycles. The largest absolute Gasteiger partial charge is 0.493 e. The molecule has 9 nitrogen and oxygen atoms in total. The van der Waals surface area contributed by atoms with Crippen molar-refractivity contribution >= 4 is 17.1 Å². The minimum absolute atomic E-state index is 0.0165. The Balaban J connectivity index is 1.44. The number of piperidine rings is 1. The third-order valence-corrected chi connectivity index (χ3v) is 6.34. The molecule has 3 heterocycles. The van der Waals surface area contributed by atoms with Gasteiger partial charge in [-0.3, -0.25) is 0 Å². The predicted molar refractivity (Wildman–Crippen MR) is 132 cm³/mol. The van der Waals surface area contributed by atoms with Gasteiger partial charge in [0.25, 0.3) is 0 Å². The number of nitriles is 1. The van der Waals surface area contributed by atoms with Crippen LogP contribution in [-0.4, -0.2) is 56.3 Å². The van der Waals surface area contributed by atoms with Crippen LogP contribution in [0.1, 0.15) is 51.3 Å². The number of alkyl halides is 3. The minimum Gasteiger partial charge on any atom is -0.493 e. The molecule has 38 heavy (non-hydrogen) atoms. The van der Waals surface area contributed by atoms with Crippen molar-refractivity contribution in [3.8, 4) is 23.1 Å². The average molecular weight is 531 g/mol. The molecule has 4 rings (SSSR count). The summed E-state index contributed by atoms with van der Waals surface area (Å²) in [5.41, 5.74) is -0.336. The zero-order valence-electron chi connectivity index (χ0n) is 21.7. The summed E-state index contributed by atoms with van der Waals surface area (Å²) in [7, 11) is 1.62. The Labute approximate surface area is 218 Å². The normalized spacial score (nSPS) is 14.9. The standard InChI is InChI=1S/C26H29F3N6O3/c1-25(2,3)38-24(36)35-10-7-16(8-11-35)9-12-37-22-6-5-17(13-18(22)26(27,28)29)19-14-21-23(20(15-30)31-19)32-33-34(21)4/h5-6,13-14,16H,7-12H2,1-4H3. The molecule has 0 bridgehead atoms. The number of aromatic nitrogens is 4. The van der Waals surface area contributed by atoms with Crippen LogP contribution in [0, 0.1) is 17.2 Å². The molecule has 1 saturated heterocycles. The van der Waals surface area contributed by atoms with E-state index in [1.54, 1.807) is 18.0 Å². The highest BCUT2D eigenvalue weighted by Crippen LogP contribution is 2.39. The zero-order valence-corrected chi connectivity index (χ0v) is 21.7. The van der Waals surface area contributed by atoms with Gasteiger partial charge in [0.2, 0.25) is 0 Å². The number of hydrogen-bond acceptors (Lipinski definition) is 7. The molecule has 0 unspecified atom stereocenters. The zero-order chi connectivity index (χ0) is 27.7. The second-order valence-corrected chi connectivity index (χ2v) is 10.3. The summed E-state index contributed by atoms with van der Waals surface area (Å²) in [5, 5.41) is 17.2. The maximum atomic E-state index is 13.9. The molecule has 1 aliphatic heterocycles. The quantitative estimate of drug-likeness (QED) is 0.439. The lowest BCUT2D eigenvalue weighted by atomic mass is 9.94. The molecule has 0 saturated carbocycles. The van der Waals surface area contributed by atoms with Gasteiger partial charge >= 0.3 is 12.3 Å². The summed E-state index contributed by atoms with van der Waals surface area (Å²) in [6.07, 6.45) is -2.98. The Morgan fingerprint density at radius 1 is 1.18 bits per heavy atom. The number of amides is 1. The lowest BCUT2D eigenvalue weighted by molar-refractivity contribution is -0.138. The maximum Gasteiger partial charge on any atom is 0.419 e. The fourth-order valence-electron chi connectivity index (χ4n) is 4.36. The van der Waals surface area contributed by atoms with E-state index in [4.69, 9.17) is 9.47 Å². The highest BCUT2D eigenvalue weighted by Gasteiger charge is 2.35. The molecule has 3 aromatic rings. The molecule has 1 aromatic carbocycles. The SMILES string of the molecule is Cn1nnc2c(C#N)nc(-c3ccc(OCCC4CCN(C(=O)OC(C)(C)C)CC4)c(C(F)(F)F)c3)cc21. The van der Waals surface area contributed by atoms with Gasteiger partial charge in [0.05, 0.1) is 23.4 Å². The number of fused-ring (bicyclic) bond motifs is 1. The number of ether oxygens (including phenoxy) is 2. The molecule has 0 radical (unpaired) electrons. The molecule has 0 aliphatic carbocycles. The molecule has 1 aliphatic rings. The number of hydrogen-bond donors (Lipinski definition) is 0. The van der Waals surface area contributed by atoms with Crippen LogP contribution in [0.25, 0.3) is 22.3 Å². The summed E-state index contributed by atoms with van der Waals surface area (Å²) in [4.78, 5) is 18.1. The molecular weight excluding hydrogens is 501 g/mol. The van der Waals surface area contributed by atoms with E-state index in [2.05, 4.69) is 15.3 Å². The molecule has 12 heteroatoms. The number of aryl methyl sites for hydroxylation is 1. The van der Waals surface area contributed by atoms with Gasteiger partial charge in [-0.2, -0.15) is 18.4 Å². The summed E-state index contributed by atoms with van der Waals surface area (Å²) >= 11 is 0. The van der Waals surface area contributed by atoms with Crippen LogP contribution in [0.15, 0.2) is 24.3 Å². The summed E-state index contributed by atoms with van der Waals surface area (Å²) in [6.45, 7) is 6.63. The van der Waals surface area contributed by atoms with E-state index in [0.29, 0.717) is 25.0 Å². The maximum absolute atomic E-state index is 13.9. The smallest absolute Gasteiger partial charge is 0.419 e. The number of rotatable bonds is 5. The van der Waals surface area contributed by atoms with E-state index in [-0.39, 0.29) is 46.8 Å². The van der Waals surface area contributed by atoms with E-state index in [1.165, 1.54) is 16.8 Å². The van der Waals surface area contributed by atoms with Crippen molar-refractivity contribution < 1.29 is 27.4 Å². The van der Waals surface area contributed by atoms with Crippen molar-refractivity contribution in [1.82, 2.24) is 24.9 Å². The van der Waals surface area contributed by atoms with Gasteiger partial charge < -0.3 is 14.4 Å². The number of halogens is 3. The van der Waals surface area contributed by atoms with Crippen molar-refractivity contribution in [3.63, 3.8) is 0 Å². The first-order valence-corrected chi connectivity index (χ1v) is 12.3. The monoisotopic (exact) mass is 530 g/mol. The van der Waals surface area contributed by atoms with Crippen LogP contribution in [0.3, 0.4) is 0 Å². The Kier molecular flexibility index (Phi) is 7.49. The topological polar surface area (TPSA) is 106 Å². The Morgan fingerprint density at radius 2 is 1.89 bits per heavy atom. The summed E-state index contributed by atoms with van der Waals surface area (Å²) < 4.78 is 54.3. The first-order valence-electron chi connectivity index (χ1n) is 12.3. The first kappa shape index (κ1) is 27.2. The Hall–Kier alpha value is -3.88. The van der Waals surface area contributed by atoms with Gasteiger partial charge in [-0.15, -0.1) is 5.10 Å². The van der Waals surface area contributed by atoms with Crippen LogP contribution in [0.4, 0.5) is 18.0 Å². The lowest BCUT2D eigenvalue weighted by Gasteiger charge is -2.33. The number of nitrogens with zero attached hydrogens (tertiary/aromatic N) is 6. The predicted octanol–water partition coefficient (Wildman–Crippen LogP) is 5.34. The average Bonchev–Trinajstić information content (AvgIpc) is 3.23. The van der Waals surface area contributed by atoms with Crippen LogP contribution in [0.5, 0.6) is 5.75 Å². The minimum atomic E-state index is -4.65. The lowest BCUT2D eigenvalue weighted by Crippen LogP contribution is -2.41. The van der Waals surface area contributed by atoms with E-state index in [9.17, 15) is 23.2 Å². The molecule has 0 atom stereocenters. The first-order chi connectivity index (χ1) is 17.9. The number of carbonyl (C=O) groups excluding carboxylic acids is 1. The Bertz CT molecular complexity index is 1370. The number of pyridine rings is 1. The van der Waals surface area contributed by atoms with Crippen molar-refractivity contribution in [1.29, 1.82) is 5.26 Å². The van der Waals surface area contributed by atoms with Crippen LogP contribution in [0.2, 0.25) is 0 Å². The third kappa shape index (κ3) is 6.15. The van der Waals surface area contributed by atoms with Gasteiger partial charge in [-0.25, -0.2) is 14.5 Å². The van der Waals surface area contributed by atoms with Crippen molar-refractivity contribution in [2.45, 2.75) is 51.8 Å². The third-order valence-electron chi connectivity index (χ3n) is 6.34. The molecule has 0 N–H and O–H groups in total. The van der Waals surface area contributed by atoms with Crippen LogP contribution >= 0.6 is 0 Å². The van der Waals surface area contributed by atoms with Crippen molar-refractivity contribution in [3.05, 3.63) is 35.5 Å². The van der Waals surface area contributed by atoms with Crippen molar-refractivity contribution in [2.75, 3.05) is 19.7 Å². The molecule has 0 spiro atoms. The van der Waals surface area contributed by atoms with E-state index >= 15 is 0 Å². The van der Waals surface area contributed by atoms with Gasteiger partial charge in [0.15, 0.2) is 5.69 Å². The fourth-order valence-corrected chi connectivity index (χ4v) is 4.36. The van der Waals surface area contributed by atoms with Gasteiger partial charge in [0, 0.05) is 25.7 Å². The van der Waals surface area contributed by atoms with Crippen LogP contribution < -0.4 is 4.74 Å². The molecule has 1 amide bonds. The molecule has 202 valence electrons. The summed E-state index contributed by atoms with van der Waals surface area (Å²) in [5.74, 6) is -0.0358. The van der Waals surface area contributed by atoms with E-state index < -0.39 is 17.3 Å². The highest BCUT2D eigenvalue weighted by atomic mass is 19.4. The van der Waals surface area contributed by atoms with Gasteiger partial charge in [-0.05, 0) is 70.2 Å². The second kappa shape index (κ2) is 10.5. The molecular formula is C26H29F3N6O3. The number of likely N-dealkylation sites (tertiary alicyclic amines) is 1. The Morgan fingerprint density at radius 3 is 2.53 bits per heavy atom. The van der Waals surface area contributed by atoms with Crippen molar-refractivity contribution in [2.24, 2.45) is 13.0 Å². The summed E-state index contributed by atoms with van der Waals surface area (Å²) in [6, 6.07) is 7.23. The highest BCUT2D eigenvalue weighted by molar-refractivity contribution is 5.83. The van der Waals surface area contributed by atoms with Gasteiger partial charge in [0.1, 0.15) is 22.9 Å². The second-order valence-electron chi connectivity index (χ2n) is 10.3.